The first-order valence-electron chi connectivity index (χ1n) is 7.02. The fraction of sp³-hybridized carbons (Fsp3) is 0.769. The fourth-order valence-electron chi connectivity index (χ4n) is 2.22. The molecule has 108 valence electrons. The maximum absolute atomic E-state index is 13.7. The van der Waals surface area contributed by atoms with Crippen molar-refractivity contribution in [1.82, 2.24) is 20.0 Å². The van der Waals surface area contributed by atoms with Crippen molar-refractivity contribution in [2.45, 2.75) is 26.4 Å². The van der Waals surface area contributed by atoms with Crippen LogP contribution in [0.25, 0.3) is 0 Å². The summed E-state index contributed by atoms with van der Waals surface area (Å²) in [5, 5.41) is 7.25. The summed E-state index contributed by atoms with van der Waals surface area (Å²) in [6.07, 6.45) is 2.68. The minimum Gasteiger partial charge on any atom is -0.379 e. The zero-order chi connectivity index (χ0) is 13.5. The molecule has 1 aliphatic heterocycles. The third-order valence-electron chi connectivity index (χ3n) is 3.39. The van der Waals surface area contributed by atoms with Crippen LogP contribution in [-0.2, 0) is 17.8 Å². The quantitative estimate of drug-likeness (QED) is 0.746. The highest BCUT2D eigenvalue weighted by atomic mass is 19.1. The predicted octanol–water partition coefficient (Wildman–Crippen LogP) is 0.854. The van der Waals surface area contributed by atoms with Gasteiger partial charge < -0.3 is 10.1 Å². The van der Waals surface area contributed by atoms with Gasteiger partial charge in [0.25, 0.3) is 0 Å². The molecule has 0 saturated carbocycles. The van der Waals surface area contributed by atoms with Gasteiger partial charge in [0.1, 0.15) is 0 Å². The highest BCUT2D eigenvalue weighted by Gasteiger charge is 2.10. The number of morpholine rings is 1. The second kappa shape index (κ2) is 7.57. The smallest absolute Gasteiger partial charge is 0.215 e. The highest BCUT2D eigenvalue weighted by molar-refractivity contribution is 5.06. The van der Waals surface area contributed by atoms with Gasteiger partial charge in [-0.2, -0.15) is 9.49 Å². The standard InChI is InChI=1S/C13H23FN4O/c1-2-18-13(14)12(11-16-18)10-15-4-3-5-17-6-8-19-9-7-17/h11,15H,2-10H2,1H3. The van der Waals surface area contributed by atoms with Crippen LogP contribution in [0.2, 0.25) is 0 Å². The monoisotopic (exact) mass is 270 g/mol. The molecule has 1 aromatic rings. The molecule has 1 aliphatic rings. The van der Waals surface area contributed by atoms with E-state index in [2.05, 4.69) is 15.3 Å². The normalized spacial score (nSPS) is 16.9. The van der Waals surface area contributed by atoms with Crippen molar-refractivity contribution in [3.8, 4) is 0 Å². The van der Waals surface area contributed by atoms with E-state index in [1.807, 2.05) is 6.92 Å². The van der Waals surface area contributed by atoms with Crippen LogP contribution in [0, 0.1) is 5.95 Å². The van der Waals surface area contributed by atoms with Gasteiger partial charge in [0.05, 0.1) is 19.4 Å². The van der Waals surface area contributed by atoms with Gasteiger partial charge in [-0.3, -0.25) is 4.90 Å². The second-order valence-electron chi connectivity index (χ2n) is 4.76. The number of rotatable bonds is 7. The zero-order valence-electron chi connectivity index (χ0n) is 11.6. The van der Waals surface area contributed by atoms with Gasteiger partial charge >= 0.3 is 0 Å². The van der Waals surface area contributed by atoms with Crippen LogP contribution in [0.1, 0.15) is 18.9 Å². The molecule has 1 aromatic heterocycles. The minimum absolute atomic E-state index is 0.219. The average Bonchev–Trinajstić information content (AvgIpc) is 2.80. The van der Waals surface area contributed by atoms with Crippen molar-refractivity contribution >= 4 is 0 Å². The number of ether oxygens (including phenoxy) is 1. The molecule has 0 radical (unpaired) electrons. The van der Waals surface area contributed by atoms with Crippen LogP contribution in [0.5, 0.6) is 0 Å². The van der Waals surface area contributed by atoms with E-state index in [-0.39, 0.29) is 5.95 Å². The lowest BCUT2D eigenvalue weighted by atomic mass is 10.3. The van der Waals surface area contributed by atoms with Crippen molar-refractivity contribution in [3.05, 3.63) is 17.7 Å². The molecular formula is C13H23FN4O. The summed E-state index contributed by atoms with van der Waals surface area (Å²) in [7, 11) is 0. The first kappa shape index (κ1) is 14.4. The van der Waals surface area contributed by atoms with Crippen LogP contribution in [0.4, 0.5) is 4.39 Å². The molecule has 0 bridgehead atoms. The molecule has 1 saturated heterocycles. The Hall–Kier alpha value is -0.980. The SMILES string of the molecule is CCn1ncc(CNCCCN2CCOCC2)c1F. The summed E-state index contributed by atoms with van der Waals surface area (Å²) < 4.78 is 20.4. The summed E-state index contributed by atoms with van der Waals surface area (Å²) >= 11 is 0. The molecule has 2 rings (SSSR count). The summed E-state index contributed by atoms with van der Waals surface area (Å²) in [4.78, 5) is 2.40. The number of nitrogens with zero attached hydrogens (tertiary/aromatic N) is 3. The Balaban J connectivity index is 1.59. The van der Waals surface area contributed by atoms with Gasteiger partial charge in [0, 0.05) is 31.7 Å². The molecule has 2 heterocycles. The number of hydrogen-bond acceptors (Lipinski definition) is 4. The van der Waals surface area contributed by atoms with E-state index in [0.29, 0.717) is 18.7 Å². The number of nitrogens with one attached hydrogen (secondary N) is 1. The summed E-state index contributed by atoms with van der Waals surface area (Å²) in [5.74, 6) is -0.219. The minimum atomic E-state index is -0.219. The van der Waals surface area contributed by atoms with Crippen molar-refractivity contribution in [2.24, 2.45) is 0 Å². The van der Waals surface area contributed by atoms with Gasteiger partial charge in [0.2, 0.25) is 5.95 Å². The van der Waals surface area contributed by atoms with Crippen molar-refractivity contribution < 1.29 is 9.13 Å². The largest absolute Gasteiger partial charge is 0.379 e. The van der Waals surface area contributed by atoms with E-state index in [9.17, 15) is 4.39 Å². The lowest BCUT2D eigenvalue weighted by molar-refractivity contribution is 0.0374. The van der Waals surface area contributed by atoms with E-state index < -0.39 is 0 Å². The van der Waals surface area contributed by atoms with Crippen LogP contribution < -0.4 is 5.32 Å². The number of aromatic nitrogens is 2. The molecule has 19 heavy (non-hydrogen) atoms. The van der Waals surface area contributed by atoms with Crippen molar-refractivity contribution in [2.75, 3.05) is 39.4 Å². The Morgan fingerprint density at radius 3 is 2.89 bits per heavy atom. The Morgan fingerprint density at radius 2 is 2.21 bits per heavy atom. The van der Waals surface area contributed by atoms with E-state index in [0.717, 1.165) is 45.8 Å². The van der Waals surface area contributed by atoms with Gasteiger partial charge in [-0.1, -0.05) is 0 Å². The lowest BCUT2D eigenvalue weighted by Gasteiger charge is -2.26. The van der Waals surface area contributed by atoms with E-state index >= 15 is 0 Å². The van der Waals surface area contributed by atoms with Crippen LogP contribution in [0.15, 0.2) is 6.20 Å². The highest BCUT2D eigenvalue weighted by Crippen LogP contribution is 2.05. The molecule has 0 aliphatic carbocycles. The number of hydrogen-bond donors (Lipinski definition) is 1. The van der Waals surface area contributed by atoms with Crippen molar-refractivity contribution in [3.63, 3.8) is 0 Å². The molecule has 5 nitrogen and oxygen atoms in total. The van der Waals surface area contributed by atoms with Gasteiger partial charge in [-0.15, -0.1) is 0 Å². The molecule has 0 atom stereocenters. The summed E-state index contributed by atoms with van der Waals surface area (Å²) in [5.41, 5.74) is 0.647. The maximum Gasteiger partial charge on any atom is 0.215 e. The topological polar surface area (TPSA) is 42.3 Å². The maximum atomic E-state index is 13.7. The van der Waals surface area contributed by atoms with Crippen molar-refractivity contribution in [1.29, 1.82) is 0 Å². The molecule has 0 amide bonds. The zero-order valence-corrected chi connectivity index (χ0v) is 11.6. The lowest BCUT2D eigenvalue weighted by Crippen LogP contribution is -2.37. The third kappa shape index (κ3) is 4.26. The van der Waals surface area contributed by atoms with E-state index in [1.54, 1.807) is 6.20 Å². The average molecular weight is 270 g/mol. The molecule has 0 unspecified atom stereocenters. The fourth-order valence-corrected chi connectivity index (χ4v) is 2.22. The Labute approximate surface area is 113 Å². The summed E-state index contributed by atoms with van der Waals surface area (Å²) in [6.45, 7) is 8.72. The molecule has 1 fully saturated rings. The number of aryl methyl sites for hydroxylation is 1. The Bertz CT molecular complexity index is 377. The molecule has 0 spiro atoms. The third-order valence-corrected chi connectivity index (χ3v) is 3.39. The van der Waals surface area contributed by atoms with Gasteiger partial charge in [-0.05, 0) is 26.4 Å². The van der Waals surface area contributed by atoms with E-state index in [1.165, 1.54) is 4.68 Å². The number of halogens is 1. The molecule has 6 heteroatoms. The van der Waals surface area contributed by atoms with E-state index in [4.69, 9.17) is 4.74 Å². The predicted molar refractivity (Wildman–Crippen MR) is 71.4 cm³/mol. The van der Waals surface area contributed by atoms with Crippen LogP contribution >= 0.6 is 0 Å². The molecule has 0 aromatic carbocycles. The Kier molecular flexibility index (Phi) is 5.75. The summed E-state index contributed by atoms with van der Waals surface area (Å²) in [6, 6.07) is 0. The first-order valence-corrected chi connectivity index (χ1v) is 7.02. The van der Waals surface area contributed by atoms with Gasteiger partial charge in [0.15, 0.2) is 0 Å². The molecule has 1 N–H and O–H groups in total. The van der Waals surface area contributed by atoms with Crippen LogP contribution in [-0.4, -0.2) is 54.1 Å². The second-order valence-corrected chi connectivity index (χ2v) is 4.76. The first-order chi connectivity index (χ1) is 9.31. The van der Waals surface area contributed by atoms with Gasteiger partial charge in [-0.25, -0.2) is 4.68 Å². The van der Waals surface area contributed by atoms with Crippen LogP contribution in [0.3, 0.4) is 0 Å². The molecular weight excluding hydrogens is 247 g/mol. The Morgan fingerprint density at radius 1 is 1.42 bits per heavy atom.